The lowest BCUT2D eigenvalue weighted by molar-refractivity contribution is -0.527. The van der Waals surface area contributed by atoms with E-state index in [4.69, 9.17) is 0 Å². The number of nitrogens with zero attached hydrogens (tertiary/aromatic N) is 3. The van der Waals surface area contributed by atoms with Crippen LogP contribution in [0.4, 0.5) is 11.4 Å². The van der Waals surface area contributed by atoms with Crippen LogP contribution in [0.15, 0.2) is 78.4 Å². The molecule has 38 heavy (non-hydrogen) atoms. The molecule has 204 valence electrons. The lowest BCUT2D eigenvalue weighted by Crippen LogP contribution is -2.22. The third-order valence-electron chi connectivity index (χ3n) is 7.65. The van der Waals surface area contributed by atoms with Gasteiger partial charge in [-0.25, -0.2) is 4.58 Å². The fourth-order valence-electron chi connectivity index (χ4n) is 5.26. The SMILES string of the molecule is CCCC[N+](CCCC)=C1C=CC(=C(c2ccc(N(CC)CC)cc2)c2ccc(N(CC)CC)cc2)C=C1. The van der Waals surface area contributed by atoms with Crippen molar-refractivity contribution in [3.8, 4) is 0 Å². The van der Waals surface area contributed by atoms with Crippen LogP contribution in [0, 0.1) is 0 Å². The van der Waals surface area contributed by atoms with Crippen molar-refractivity contribution in [3.63, 3.8) is 0 Å². The fourth-order valence-corrected chi connectivity index (χ4v) is 5.26. The molecule has 0 fully saturated rings. The molecule has 0 amide bonds. The van der Waals surface area contributed by atoms with E-state index in [0.29, 0.717) is 0 Å². The highest BCUT2D eigenvalue weighted by atomic mass is 15.1. The molecule has 0 spiro atoms. The second kappa shape index (κ2) is 15.4. The van der Waals surface area contributed by atoms with Crippen molar-refractivity contribution in [1.29, 1.82) is 0 Å². The summed E-state index contributed by atoms with van der Waals surface area (Å²) in [6.07, 6.45) is 14.2. The van der Waals surface area contributed by atoms with Crippen molar-refractivity contribution in [2.75, 3.05) is 49.1 Å². The molecule has 0 aliphatic heterocycles. The number of hydrogen-bond acceptors (Lipinski definition) is 2. The van der Waals surface area contributed by atoms with Gasteiger partial charge in [0.1, 0.15) is 13.1 Å². The van der Waals surface area contributed by atoms with Crippen LogP contribution in [0.2, 0.25) is 0 Å². The van der Waals surface area contributed by atoms with E-state index in [-0.39, 0.29) is 0 Å². The van der Waals surface area contributed by atoms with E-state index in [9.17, 15) is 0 Å². The molecule has 0 heterocycles. The van der Waals surface area contributed by atoms with Gasteiger partial charge in [-0.1, -0.05) is 51.0 Å². The summed E-state index contributed by atoms with van der Waals surface area (Å²) >= 11 is 0. The Morgan fingerprint density at radius 2 is 0.947 bits per heavy atom. The van der Waals surface area contributed by atoms with Gasteiger partial charge < -0.3 is 9.80 Å². The number of rotatable bonds is 14. The minimum absolute atomic E-state index is 1.02. The normalized spacial score (nSPS) is 12.7. The second-order valence-electron chi connectivity index (χ2n) is 10.1. The summed E-state index contributed by atoms with van der Waals surface area (Å²) in [4.78, 5) is 4.80. The largest absolute Gasteiger partial charge is 0.372 e. The lowest BCUT2D eigenvalue weighted by Gasteiger charge is -2.23. The topological polar surface area (TPSA) is 9.49 Å². The molecule has 0 radical (unpaired) electrons. The maximum atomic E-state index is 2.56. The molecule has 0 atom stereocenters. The van der Waals surface area contributed by atoms with E-state index in [1.165, 1.54) is 65.0 Å². The molecule has 0 bridgehead atoms. The Morgan fingerprint density at radius 3 is 1.29 bits per heavy atom. The van der Waals surface area contributed by atoms with Gasteiger partial charge in [-0.15, -0.1) is 0 Å². The molecule has 0 saturated heterocycles. The van der Waals surface area contributed by atoms with Crippen molar-refractivity contribution in [2.24, 2.45) is 0 Å². The van der Waals surface area contributed by atoms with Crippen LogP contribution < -0.4 is 9.80 Å². The molecule has 0 N–H and O–H groups in total. The van der Waals surface area contributed by atoms with Gasteiger partial charge in [0, 0.05) is 62.5 Å². The Kier molecular flexibility index (Phi) is 11.9. The highest BCUT2D eigenvalue weighted by Gasteiger charge is 2.16. The molecule has 1 aliphatic rings. The summed E-state index contributed by atoms with van der Waals surface area (Å²) in [6.45, 7) is 19.8. The fraction of sp³-hybridized carbons (Fsp3) is 0.457. The Labute approximate surface area is 232 Å². The summed E-state index contributed by atoms with van der Waals surface area (Å²) in [6, 6.07) is 18.3. The molecule has 0 unspecified atom stereocenters. The number of hydrogen-bond donors (Lipinski definition) is 0. The van der Waals surface area contributed by atoms with Crippen molar-refractivity contribution < 1.29 is 4.58 Å². The van der Waals surface area contributed by atoms with Gasteiger partial charge in [0.2, 0.25) is 0 Å². The number of anilines is 2. The van der Waals surface area contributed by atoms with E-state index >= 15 is 0 Å². The summed E-state index contributed by atoms with van der Waals surface area (Å²) in [5.74, 6) is 0. The smallest absolute Gasteiger partial charge is 0.199 e. The van der Waals surface area contributed by atoms with Gasteiger partial charge >= 0.3 is 0 Å². The summed E-state index contributed by atoms with van der Waals surface area (Å²) in [5, 5.41) is 0. The minimum Gasteiger partial charge on any atom is -0.372 e. The number of unbranched alkanes of at least 4 members (excludes halogenated alkanes) is 2. The molecule has 2 aromatic carbocycles. The number of benzene rings is 2. The maximum Gasteiger partial charge on any atom is 0.199 e. The molecular weight excluding hydrogens is 462 g/mol. The molecule has 1 aliphatic carbocycles. The summed E-state index contributed by atoms with van der Waals surface area (Å²) < 4.78 is 2.56. The standard InChI is InChI=1S/C35H50N3/c1-7-13-27-38(28-14-8-2)34-25-19-31(20-26-34)35(29-15-21-32(22-16-29)36(9-3)10-4)30-17-23-33(24-18-30)37(11-5)12-6/h15-26H,7-14,27-28H2,1-6H3/q+1. The molecule has 3 rings (SSSR count). The zero-order valence-corrected chi connectivity index (χ0v) is 24.8. The van der Waals surface area contributed by atoms with Crippen molar-refractivity contribution in [3.05, 3.63) is 89.5 Å². The Balaban J connectivity index is 2.06. The average molecular weight is 513 g/mol. The number of allylic oxidation sites excluding steroid dienone is 5. The molecular formula is C35H50N3+. The summed E-state index contributed by atoms with van der Waals surface area (Å²) in [7, 11) is 0. The Bertz CT molecular complexity index is 1020. The third-order valence-corrected chi connectivity index (χ3v) is 7.65. The highest BCUT2D eigenvalue weighted by Crippen LogP contribution is 2.32. The van der Waals surface area contributed by atoms with Crippen LogP contribution in [0.3, 0.4) is 0 Å². The molecule has 3 heteroatoms. The van der Waals surface area contributed by atoms with Crippen LogP contribution >= 0.6 is 0 Å². The summed E-state index contributed by atoms with van der Waals surface area (Å²) in [5.41, 5.74) is 8.99. The first kappa shape index (κ1) is 29.5. The zero-order valence-electron chi connectivity index (χ0n) is 24.8. The predicted octanol–water partition coefficient (Wildman–Crippen LogP) is 8.36. The Morgan fingerprint density at radius 1 is 0.553 bits per heavy atom. The average Bonchev–Trinajstić information content (AvgIpc) is 2.97. The lowest BCUT2D eigenvalue weighted by atomic mass is 9.90. The third kappa shape index (κ3) is 7.49. The first-order chi connectivity index (χ1) is 18.6. The monoisotopic (exact) mass is 512 g/mol. The zero-order chi connectivity index (χ0) is 27.3. The van der Waals surface area contributed by atoms with E-state index in [0.717, 1.165) is 39.3 Å². The van der Waals surface area contributed by atoms with E-state index < -0.39 is 0 Å². The van der Waals surface area contributed by atoms with Gasteiger partial charge in [0.05, 0.1) is 0 Å². The van der Waals surface area contributed by atoms with Gasteiger partial charge in [0.15, 0.2) is 5.71 Å². The highest BCUT2D eigenvalue weighted by molar-refractivity contribution is 6.04. The van der Waals surface area contributed by atoms with Crippen LogP contribution in [0.5, 0.6) is 0 Å². The molecule has 0 aromatic heterocycles. The van der Waals surface area contributed by atoms with E-state index in [2.05, 4.69) is 129 Å². The second-order valence-corrected chi connectivity index (χ2v) is 10.1. The van der Waals surface area contributed by atoms with Gasteiger partial charge in [-0.3, -0.25) is 0 Å². The van der Waals surface area contributed by atoms with E-state index in [1.807, 2.05) is 0 Å². The minimum atomic E-state index is 1.02. The van der Waals surface area contributed by atoms with Gasteiger partial charge in [-0.05, 0) is 86.4 Å². The van der Waals surface area contributed by atoms with Crippen molar-refractivity contribution in [2.45, 2.75) is 67.2 Å². The van der Waals surface area contributed by atoms with Crippen molar-refractivity contribution >= 4 is 22.7 Å². The first-order valence-corrected chi connectivity index (χ1v) is 15.0. The maximum absolute atomic E-state index is 2.56. The predicted molar refractivity (Wildman–Crippen MR) is 169 cm³/mol. The van der Waals surface area contributed by atoms with Gasteiger partial charge in [0.25, 0.3) is 0 Å². The Hall–Kier alpha value is -3.07. The van der Waals surface area contributed by atoms with Crippen LogP contribution in [0.1, 0.15) is 78.4 Å². The quantitative estimate of drug-likeness (QED) is 0.235. The van der Waals surface area contributed by atoms with Crippen molar-refractivity contribution in [1.82, 2.24) is 0 Å². The van der Waals surface area contributed by atoms with Gasteiger partial charge in [-0.2, -0.15) is 0 Å². The first-order valence-electron chi connectivity index (χ1n) is 15.0. The molecule has 2 aromatic rings. The molecule has 0 saturated carbocycles. The van der Waals surface area contributed by atoms with E-state index in [1.54, 1.807) is 0 Å². The van der Waals surface area contributed by atoms with Crippen LogP contribution in [0.25, 0.3) is 5.57 Å². The van der Waals surface area contributed by atoms with Crippen LogP contribution in [-0.4, -0.2) is 49.6 Å². The molecule has 3 nitrogen and oxygen atoms in total. The van der Waals surface area contributed by atoms with Crippen LogP contribution in [-0.2, 0) is 0 Å².